The van der Waals surface area contributed by atoms with Crippen molar-refractivity contribution in [2.45, 2.75) is 0 Å². The minimum absolute atomic E-state index is 0.133. The maximum atomic E-state index is 13.6. The number of para-hydroxylation sites is 4. The van der Waals surface area contributed by atoms with Crippen LogP contribution in [-0.2, 0) is 0 Å². The van der Waals surface area contributed by atoms with Crippen LogP contribution in [0.15, 0.2) is 92.0 Å². The quantitative estimate of drug-likeness (QED) is 0.391. The van der Waals surface area contributed by atoms with Crippen molar-refractivity contribution in [2.24, 2.45) is 0 Å². The molecular weight excluding hydrogens is 432 g/mol. The van der Waals surface area contributed by atoms with E-state index in [1.807, 2.05) is 0 Å². The second-order valence-electron chi connectivity index (χ2n) is 8.08. The summed E-state index contributed by atoms with van der Waals surface area (Å²) in [6.45, 7) is 0. The number of anilines is 2. The standard InChI is InChI=1S/C26H16N4O4/c27-17-5-1-3-7-19(17)29-23(31)13-9-10-14(24(29)32)22-16-12-11-15(21(13)22)25(33)30(26(16)34)20-8-4-2-6-18(20)28/h1-12H,27-28H2. The third-order valence-corrected chi connectivity index (χ3v) is 6.25. The van der Waals surface area contributed by atoms with Crippen molar-refractivity contribution in [2.75, 3.05) is 11.5 Å². The fourth-order valence-corrected chi connectivity index (χ4v) is 4.69. The number of benzene rings is 4. The Labute approximate surface area is 190 Å². The molecule has 164 valence electrons. The van der Waals surface area contributed by atoms with Crippen LogP contribution in [0.1, 0.15) is 0 Å². The number of nitrogen functional groups attached to an aromatic ring is 2. The largest absolute Gasteiger partial charge is 0.397 e. The number of hydrogen-bond acceptors (Lipinski definition) is 6. The van der Waals surface area contributed by atoms with Gasteiger partial charge in [0.2, 0.25) is 0 Å². The summed E-state index contributed by atoms with van der Waals surface area (Å²) >= 11 is 0. The molecule has 8 aromatic rings. The smallest absolute Gasteiger partial charge is 0.266 e. The molecule has 0 saturated heterocycles. The summed E-state index contributed by atoms with van der Waals surface area (Å²) in [7, 11) is 0. The van der Waals surface area contributed by atoms with Gasteiger partial charge in [0, 0.05) is 32.3 Å². The molecule has 0 amide bonds. The van der Waals surface area contributed by atoms with Crippen LogP contribution in [0.2, 0.25) is 0 Å². The van der Waals surface area contributed by atoms with Crippen molar-refractivity contribution >= 4 is 43.7 Å². The van der Waals surface area contributed by atoms with Gasteiger partial charge in [-0.25, -0.2) is 9.13 Å². The van der Waals surface area contributed by atoms with Gasteiger partial charge in [0.05, 0.1) is 22.7 Å². The maximum Gasteiger partial charge on any atom is 0.266 e. The Hall–Kier alpha value is -4.98. The molecule has 4 heterocycles. The van der Waals surface area contributed by atoms with Crippen molar-refractivity contribution in [3.05, 3.63) is 114 Å². The Morgan fingerprint density at radius 3 is 1.03 bits per heavy atom. The normalized spacial score (nSPS) is 11.6. The zero-order valence-electron chi connectivity index (χ0n) is 17.6. The summed E-state index contributed by atoms with van der Waals surface area (Å²) in [5, 5.41) is 1.06. The molecule has 0 aliphatic carbocycles. The van der Waals surface area contributed by atoms with Gasteiger partial charge in [0.1, 0.15) is 0 Å². The highest BCUT2D eigenvalue weighted by molar-refractivity contribution is 6.22. The lowest BCUT2D eigenvalue weighted by Crippen LogP contribution is -2.29. The maximum absolute atomic E-state index is 13.6. The van der Waals surface area contributed by atoms with E-state index in [0.29, 0.717) is 0 Å². The van der Waals surface area contributed by atoms with Crippen LogP contribution in [0.25, 0.3) is 43.7 Å². The highest BCUT2D eigenvalue weighted by atomic mass is 16.2. The first-order valence-electron chi connectivity index (χ1n) is 10.5. The lowest BCUT2D eigenvalue weighted by atomic mass is 10.00. The van der Waals surface area contributed by atoms with Gasteiger partial charge in [-0.05, 0) is 48.5 Å². The molecule has 4 aromatic heterocycles. The van der Waals surface area contributed by atoms with Crippen molar-refractivity contribution < 1.29 is 0 Å². The van der Waals surface area contributed by atoms with Crippen LogP contribution in [-0.4, -0.2) is 9.13 Å². The van der Waals surface area contributed by atoms with E-state index in [9.17, 15) is 19.2 Å². The Balaban J connectivity index is 1.93. The second-order valence-corrected chi connectivity index (χ2v) is 8.08. The number of rotatable bonds is 2. The Morgan fingerprint density at radius 1 is 0.441 bits per heavy atom. The van der Waals surface area contributed by atoms with E-state index in [1.165, 1.54) is 24.3 Å². The highest BCUT2D eigenvalue weighted by Gasteiger charge is 2.22. The van der Waals surface area contributed by atoms with Crippen molar-refractivity contribution in [1.29, 1.82) is 0 Å². The Kier molecular flexibility index (Phi) is 3.91. The molecule has 0 saturated carbocycles. The minimum Gasteiger partial charge on any atom is -0.397 e. The average Bonchev–Trinajstić information content (AvgIpc) is 3.12. The van der Waals surface area contributed by atoms with Gasteiger partial charge < -0.3 is 11.5 Å². The van der Waals surface area contributed by atoms with E-state index in [0.717, 1.165) is 9.13 Å². The molecule has 8 heteroatoms. The van der Waals surface area contributed by atoms with Gasteiger partial charge in [-0.1, -0.05) is 24.3 Å². The molecule has 0 fully saturated rings. The molecule has 0 aliphatic heterocycles. The molecule has 34 heavy (non-hydrogen) atoms. The predicted octanol–water partition coefficient (Wildman–Crippen LogP) is 2.21. The van der Waals surface area contributed by atoms with Gasteiger partial charge in [-0.2, -0.15) is 0 Å². The molecule has 0 unspecified atom stereocenters. The fourth-order valence-electron chi connectivity index (χ4n) is 4.69. The first kappa shape index (κ1) is 19.7. The second kappa shape index (κ2) is 6.76. The monoisotopic (exact) mass is 448 g/mol. The number of aromatic nitrogens is 2. The minimum atomic E-state index is -0.626. The summed E-state index contributed by atoms with van der Waals surface area (Å²) < 4.78 is 1.99. The van der Waals surface area contributed by atoms with Crippen molar-refractivity contribution in [3.63, 3.8) is 0 Å². The molecule has 8 rings (SSSR count). The first-order chi connectivity index (χ1) is 16.4. The molecular formula is C26H16N4O4. The van der Waals surface area contributed by atoms with E-state index in [4.69, 9.17) is 11.5 Å². The zero-order valence-corrected chi connectivity index (χ0v) is 17.6. The predicted molar refractivity (Wildman–Crippen MR) is 134 cm³/mol. The summed E-state index contributed by atoms with van der Waals surface area (Å²) in [5.74, 6) is 0. The number of nitrogens with zero attached hydrogens (tertiary/aromatic N) is 2. The lowest BCUT2D eigenvalue weighted by Gasteiger charge is -2.05. The SMILES string of the molecule is Nc1ccccc1-n1c(=O)c2ccc(c1=O)c1c3ccc(c(=O)n(-c4ccccc4N)c3=O)c21. The van der Waals surface area contributed by atoms with Crippen LogP contribution >= 0.6 is 0 Å². The van der Waals surface area contributed by atoms with Crippen LogP contribution in [0.4, 0.5) is 11.4 Å². The lowest BCUT2D eigenvalue weighted by molar-refractivity contribution is 0.978. The summed E-state index contributed by atoms with van der Waals surface area (Å²) in [4.78, 5) is 54.6. The van der Waals surface area contributed by atoms with Crippen LogP contribution < -0.4 is 33.7 Å². The van der Waals surface area contributed by atoms with Gasteiger partial charge >= 0.3 is 0 Å². The fraction of sp³-hybridized carbons (Fsp3) is 0. The van der Waals surface area contributed by atoms with E-state index < -0.39 is 22.2 Å². The molecule has 0 atom stereocenters. The number of fused-ring (bicyclic) bond motifs is 6. The third kappa shape index (κ3) is 2.42. The Bertz CT molecular complexity index is 1780. The van der Waals surface area contributed by atoms with Gasteiger partial charge in [0.15, 0.2) is 0 Å². The zero-order chi connectivity index (χ0) is 23.7. The van der Waals surface area contributed by atoms with Crippen LogP contribution in [0, 0.1) is 0 Å². The summed E-state index contributed by atoms with van der Waals surface area (Å²) in [5.41, 5.74) is 10.6. The van der Waals surface area contributed by atoms with E-state index in [-0.39, 0.29) is 55.1 Å². The van der Waals surface area contributed by atoms with Crippen LogP contribution in [0.5, 0.6) is 0 Å². The van der Waals surface area contributed by atoms with Crippen molar-refractivity contribution in [1.82, 2.24) is 9.13 Å². The third-order valence-electron chi connectivity index (χ3n) is 6.25. The van der Waals surface area contributed by atoms with E-state index in [1.54, 1.807) is 48.5 Å². The molecule has 0 aliphatic rings. The summed E-state index contributed by atoms with van der Waals surface area (Å²) in [6, 6.07) is 19.1. The topological polar surface area (TPSA) is 130 Å². The van der Waals surface area contributed by atoms with Gasteiger partial charge in [-0.3, -0.25) is 19.2 Å². The van der Waals surface area contributed by atoms with E-state index in [2.05, 4.69) is 0 Å². The molecule has 4 bridgehead atoms. The number of hydrogen-bond donors (Lipinski definition) is 2. The molecule has 0 radical (unpaired) electrons. The van der Waals surface area contributed by atoms with Gasteiger partial charge in [0.25, 0.3) is 22.2 Å². The Morgan fingerprint density at radius 2 is 0.735 bits per heavy atom. The molecule has 4 aromatic carbocycles. The molecule has 4 N–H and O–H groups in total. The number of nitrogens with two attached hydrogens (primary N) is 2. The first-order valence-corrected chi connectivity index (χ1v) is 10.5. The molecule has 8 nitrogen and oxygen atoms in total. The highest BCUT2D eigenvalue weighted by Crippen LogP contribution is 2.30. The van der Waals surface area contributed by atoms with Crippen molar-refractivity contribution in [3.8, 4) is 11.4 Å². The molecule has 0 spiro atoms. The van der Waals surface area contributed by atoms with Crippen LogP contribution in [0.3, 0.4) is 0 Å². The van der Waals surface area contributed by atoms with Gasteiger partial charge in [-0.15, -0.1) is 0 Å². The van der Waals surface area contributed by atoms with E-state index >= 15 is 0 Å². The summed E-state index contributed by atoms with van der Waals surface area (Å²) in [6.07, 6.45) is 0. The average molecular weight is 448 g/mol.